The molecule has 2 rings (SSSR count). The van der Waals surface area contributed by atoms with Crippen LogP contribution in [-0.4, -0.2) is 10.2 Å². The number of allylic oxidation sites excluding steroid dienone is 1. The van der Waals surface area contributed by atoms with Crippen LogP contribution in [0.4, 0.5) is 0 Å². The first kappa shape index (κ1) is 7.99. The zero-order valence-corrected chi connectivity index (χ0v) is 8.24. The van der Waals surface area contributed by atoms with Gasteiger partial charge >= 0.3 is 0 Å². The van der Waals surface area contributed by atoms with Crippen LogP contribution in [0.15, 0.2) is 18.2 Å². The van der Waals surface area contributed by atoms with E-state index in [0.29, 0.717) is 0 Å². The SMILES string of the molecule is Cc1ccc(C2=CCC(C)S2)[nH]1. The van der Waals surface area contributed by atoms with Gasteiger partial charge in [0.1, 0.15) is 0 Å². The highest BCUT2D eigenvalue weighted by atomic mass is 32.2. The largest absolute Gasteiger partial charge is 0.358 e. The zero-order valence-electron chi connectivity index (χ0n) is 7.42. The first-order chi connectivity index (χ1) is 5.75. The van der Waals surface area contributed by atoms with Crippen LogP contribution in [-0.2, 0) is 0 Å². The second kappa shape index (κ2) is 3.02. The molecule has 0 radical (unpaired) electrons. The van der Waals surface area contributed by atoms with E-state index in [4.69, 9.17) is 0 Å². The van der Waals surface area contributed by atoms with E-state index in [1.54, 1.807) is 0 Å². The number of nitrogens with one attached hydrogen (secondary N) is 1. The van der Waals surface area contributed by atoms with E-state index < -0.39 is 0 Å². The molecule has 12 heavy (non-hydrogen) atoms. The minimum absolute atomic E-state index is 0.753. The third-order valence-electron chi connectivity index (χ3n) is 2.06. The van der Waals surface area contributed by atoms with Crippen LogP contribution in [0.5, 0.6) is 0 Å². The van der Waals surface area contributed by atoms with E-state index >= 15 is 0 Å². The van der Waals surface area contributed by atoms with Crippen molar-refractivity contribution in [1.82, 2.24) is 4.98 Å². The van der Waals surface area contributed by atoms with Gasteiger partial charge < -0.3 is 4.98 Å². The predicted molar refractivity (Wildman–Crippen MR) is 55.2 cm³/mol. The lowest BCUT2D eigenvalue weighted by Crippen LogP contribution is -1.85. The summed E-state index contributed by atoms with van der Waals surface area (Å²) in [5, 5.41) is 0.753. The van der Waals surface area contributed by atoms with Crippen molar-refractivity contribution in [1.29, 1.82) is 0 Å². The van der Waals surface area contributed by atoms with Crippen LogP contribution in [0.1, 0.15) is 24.7 Å². The van der Waals surface area contributed by atoms with E-state index in [1.807, 2.05) is 11.8 Å². The summed E-state index contributed by atoms with van der Waals surface area (Å²) in [5.41, 5.74) is 2.52. The summed E-state index contributed by atoms with van der Waals surface area (Å²) in [6.07, 6.45) is 3.53. The van der Waals surface area contributed by atoms with Crippen molar-refractivity contribution in [3.63, 3.8) is 0 Å². The van der Waals surface area contributed by atoms with Crippen molar-refractivity contribution in [2.24, 2.45) is 0 Å². The minimum Gasteiger partial charge on any atom is -0.358 e. The quantitative estimate of drug-likeness (QED) is 0.700. The number of aryl methyl sites for hydroxylation is 1. The number of aromatic amines is 1. The number of aromatic nitrogens is 1. The summed E-state index contributed by atoms with van der Waals surface area (Å²) in [7, 11) is 0. The summed E-state index contributed by atoms with van der Waals surface area (Å²) in [5.74, 6) is 0. The molecule has 1 aromatic heterocycles. The molecular weight excluding hydrogens is 166 g/mol. The lowest BCUT2D eigenvalue weighted by molar-refractivity contribution is 1.00. The molecule has 0 fully saturated rings. The molecule has 0 amide bonds. The standard InChI is InChI=1S/C10H13NS/c1-7-3-5-9(11-7)10-6-4-8(2)12-10/h3,5-6,8,11H,4H2,1-2H3. The third kappa shape index (κ3) is 1.44. The van der Waals surface area contributed by atoms with Crippen LogP contribution in [0, 0.1) is 6.92 Å². The van der Waals surface area contributed by atoms with Crippen molar-refractivity contribution < 1.29 is 0 Å². The van der Waals surface area contributed by atoms with Crippen LogP contribution >= 0.6 is 11.8 Å². The van der Waals surface area contributed by atoms with Gasteiger partial charge in [0.15, 0.2) is 0 Å². The van der Waals surface area contributed by atoms with Crippen LogP contribution in [0.25, 0.3) is 4.91 Å². The molecule has 2 heterocycles. The molecule has 0 saturated carbocycles. The Labute approximate surface area is 77.3 Å². The maximum Gasteiger partial charge on any atom is 0.0517 e. The molecular formula is C10H13NS. The summed E-state index contributed by atoms with van der Waals surface area (Å²) in [6, 6.07) is 4.28. The summed E-state index contributed by atoms with van der Waals surface area (Å²) >= 11 is 1.96. The highest BCUT2D eigenvalue weighted by molar-refractivity contribution is 8.09. The van der Waals surface area contributed by atoms with Crippen LogP contribution < -0.4 is 0 Å². The van der Waals surface area contributed by atoms with Gasteiger partial charge in [0.05, 0.1) is 5.69 Å². The number of H-pyrrole nitrogens is 1. The van der Waals surface area contributed by atoms with Gasteiger partial charge in [-0.3, -0.25) is 0 Å². The van der Waals surface area contributed by atoms with Crippen molar-refractivity contribution in [2.75, 3.05) is 0 Å². The molecule has 2 heteroatoms. The van der Waals surface area contributed by atoms with Crippen molar-refractivity contribution in [3.05, 3.63) is 29.6 Å². The Morgan fingerprint density at radius 3 is 2.83 bits per heavy atom. The summed E-state index contributed by atoms with van der Waals surface area (Å²) in [4.78, 5) is 4.76. The number of thioether (sulfide) groups is 1. The molecule has 1 aliphatic heterocycles. The molecule has 1 N–H and O–H groups in total. The maximum absolute atomic E-state index is 3.35. The first-order valence-corrected chi connectivity index (χ1v) is 5.16. The molecule has 64 valence electrons. The molecule has 1 atom stereocenters. The van der Waals surface area contributed by atoms with E-state index in [2.05, 4.69) is 37.0 Å². The smallest absolute Gasteiger partial charge is 0.0517 e. The van der Waals surface area contributed by atoms with Crippen molar-refractivity contribution in [2.45, 2.75) is 25.5 Å². The topological polar surface area (TPSA) is 15.8 Å². The fourth-order valence-corrected chi connectivity index (χ4v) is 2.47. The Hall–Kier alpha value is -0.630. The zero-order chi connectivity index (χ0) is 8.55. The Morgan fingerprint density at radius 1 is 1.50 bits per heavy atom. The monoisotopic (exact) mass is 179 g/mol. The van der Waals surface area contributed by atoms with Crippen LogP contribution in [0.3, 0.4) is 0 Å². The summed E-state index contributed by atoms with van der Waals surface area (Å²) in [6.45, 7) is 4.36. The molecule has 0 spiro atoms. The Morgan fingerprint density at radius 2 is 2.33 bits per heavy atom. The van der Waals surface area contributed by atoms with Gasteiger partial charge in [0, 0.05) is 15.8 Å². The van der Waals surface area contributed by atoms with E-state index in [9.17, 15) is 0 Å². The average molecular weight is 179 g/mol. The number of hydrogen-bond acceptors (Lipinski definition) is 1. The Kier molecular flexibility index (Phi) is 2.01. The lowest BCUT2D eigenvalue weighted by Gasteiger charge is -2.00. The highest BCUT2D eigenvalue weighted by Crippen LogP contribution is 2.38. The second-order valence-corrected chi connectivity index (χ2v) is 4.77. The molecule has 1 nitrogen and oxygen atoms in total. The van der Waals surface area contributed by atoms with Gasteiger partial charge in [-0.05, 0) is 25.5 Å². The minimum atomic E-state index is 0.753. The van der Waals surface area contributed by atoms with Crippen molar-refractivity contribution in [3.8, 4) is 0 Å². The maximum atomic E-state index is 3.35. The molecule has 0 saturated heterocycles. The Bertz CT molecular complexity index is 311. The van der Waals surface area contributed by atoms with E-state index in [-0.39, 0.29) is 0 Å². The summed E-state index contributed by atoms with van der Waals surface area (Å²) < 4.78 is 0. The first-order valence-electron chi connectivity index (χ1n) is 4.28. The predicted octanol–water partition coefficient (Wildman–Crippen LogP) is 3.19. The van der Waals surface area contributed by atoms with Gasteiger partial charge in [-0.2, -0.15) is 0 Å². The lowest BCUT2D eigenvalue weighted by atomic mass is 10.3. The molecule has 1 aliphatic rings. The van der Waals surface area contributed by atoms with Crippen molar-refractivity contribution >= 4 is 16.7 Å². The van der Waals surface area contributed by atoms with Gasteiger partial charge in [-0.1, -0.05) is 13.0 Å². The van der Waals surface area contributed by atoms with Gasteiger partial charge in [-0.25, -0.2) is 0 Å². The molecule has 0 aromatic carbocycles. The fourth-order valence-electron chi connectivity index (χ4n) is 1.41. The highest BCUT2D eigenvalue weighted by Gasteiger charge is 2.14. The molecule has 1 unspecified atom stereocenters. The number of rotatable bonds is 1. The van der Waals surface area contributed by atoms with E-state index in [1.165, 1.54) is 22.7 Å². The number of hydrogen-bond donors (Lipinski definition) is 1. The average Bonchev–Trinajstić information content (AvgIpc) is 2.58. The van der Waals surface area contributed by atoms with E-state index in [0.717, 1.165) is 5.25 Å². The second-order valence-electron chi connectivity index (χ2n) is 3.29. The van der Waals surface area contributed by atoms with Gasteiger partial charge in [0.25, 0.3) is 0 Å². The molecule has 0 bridgehead atoms. The fraction of sp³-hybridized carbons (Fsp3) is 0.400. The van der Waals surface area contributed by atoms with Gasteiger partial charge in [0.2, 0.25) is 0 Å². The van der Waals surface area contributed by atoms with Gasteiger partial charge in [-0.15, -0.1) is 11.8 Å². The molecule has 0 aliphatic carbocycles. The third-order valence-corrected chi connectivity index (χ3v) is 3.30. The Balaban J connectivity index is 2.21. The van der Waals surface area contributed by atoms with Crippen LogP contribution in [0.2, 0.25) is 0 Å². The molecule has 1 aromatic rings. The normalized spacial score (nSPS) is 22.8.